The fourth-order valence-electron chi connectivity index (χ4n) is 4.33. The fraction of sp³-hybridized carbons (Fsp3) is 0. The van der Waals surface area contributed by atoms with Crippen LogP contribution in [-0.4, -0.2) is 9.97 Å². The number of furan rings is 2. The molecule has 162 valence electrons. The minimum Gasteiger partial charge on any atom is -0.464 e. The van der Waals surface area contributed by atoms with Crippen molar-refractivity contribution < 1.29 is 8.83 Å². The van der Waals surface area contributed by atoms with Crippen molar-refractivity contribution in [2.24, 2.45) is 0 Å². The summed E-state index contributed by atoms with van der Waals surface area (Å²) < 4.78 is 11.8. The molecule has 0 saturated carbocycles. The van der Waals surface area contributed by atoms with Crippen LogP contribution in [0.5, 0.6) is 0 Å². The summed E-state index contributed by atoms with van der Waals surface area (Å²) in [5.41, 5.74) is 7.65. The lowest BCUT2D eigenvalue weighted by Crippen LogP contribution is -1.96. The van der Waals surface area contributed by atoms with Gasteiger partial charge in [-0.1, -0.05) is 60.7 Å². The minimum absolute atomic E-state index is 0.696. The van der Waals surface area contributed by atoms with E-state index in [1.807, 2.05) is 54.7 Å². The number of pyridine rings is 2. The maximum Gasteiger partial charge on any atom is 0.147 e. The quantitative estimate of drug-likeness (QED) is 0.272. The molecule has 0 radical (unpaired) electrons. The number of rotatable bonds is 5. The van der Waals surface area contributed by atoms with Gasteiger partial charge in [0.25, 0.3) is 0 Å². The Bertz CT molecular complexity index is 1540. The van der Waals surface area contributed by atoms with E-state index in [-0.39, 0.29) is 0 Å². The van der Waals surface area contributed by atoms with Gasteiger partial charge < -0.3 is 8.83 Å². The second-order valence-corrected chi connectivity index (χ2v) is 7.85. The van der Waals surface area contributed by atoms with Crippen molar-refractivity contribution >= 4 is 0 Å². The van der Waals surface area contributed by atoms with Crippen LogP contribution in [0.2, 0.25) is 0 Å². The summed E-state index contributed by atoms with van der Waals surface area (Å²) in [7, 11) is 0. The lowest BCUT2D eigenvalue weighted by molar-refractivity contribution is 0.571. The molecule has 0 aliphatic carbocycles. The zero-order valence-electron chi connectivity index (χ0n) is 18.3. The molecule has 0 N–H and O–H groups in total. The van der Waals surface area contributed by atoms with Crippen LogP contribution in [0.1, 0.15) is 0 Å². The molecule has 0 amide bonds. The highest BCUT2D eigenvalue weighted by molar-refractivity contribution is 5.98. The lowest BCUT2D eigenvalue weighted by atomic mass is 9.89. The number of hydrogen-bond acceptors (Lipinski definition) is 4. The maximum atomic E-state index is 6.12. The summed E-state index contributed by atoms with van der Waals surface area (Å²) in [6.45, 7) is 0. The fourth-order valence-corrected chi connectivity index (χ4v) is 4.33. The Kier molecular flexibility index (Phi) is 5.09. The topological polar surface area (TPSA) is 52.1 Å². The monoisotopic (exact) mass is 440 g/mol. The van der Waals surface area contributed by atoms with Gasteiger partial charge in [-0.15, -0.1) is 0 Å². The largest absolute Gasteiger partial charge is 0.464 e. The molecule has 34 heavy (non-hydrogen) atoms. The van der Waals surface area contributed by atoms with Crippen LogP contribution in [0.3, 0.4) is 0 Å². The maximum absolute atomic E-state index is 6.12. The third-order valence-electron chi connectivity index (χ3n) is 5.84. The van der Waals surface area contributed by atoms with Crippen molar-refractivity contribution in [3.8, 4) is 56.3 Å². The number of aromatic nitrogens is 2. The third kappa shape index (κ3) is 3.51. The third-order valence-corrected chi connectivity index (χ3v) is 5.84. The van der Waals surface area contributed by atoms with Gasteiger partial charge in [-0.25, -0.2) is 0 Å². The van der Waals surface area contributed by atoms with E-state index in [9.17, 15) is 0 Å². The molecule has 4 heteroatoms. The van der Waals surface area contributed by atoms with Gasteiger partial charge in [-0.05, 0) is 58.7 Å². The Morgan fingerprint density at radius 3 is 2.12 bits per heavy atom. The molecule has 0 aliphatic heterocycles. The first kappa shape index (κ1) is 19.9. The van der Waals surface area contributed by atoms with Crippen LogP contribution in [0.15, 0.2) is 131 Å². The second kappa shape index (κ2) is 8.68. The van der Waals surface area contributed by atoms with Gasteiger partial charge in [0.15, 0.2) is 0 Å². The molecule has 4 aromatic heterocycles. The molecule has 0 saturated heterocycles. The summed E-state index contributed by atoms with van der Waals surface area (Å²) >= 11 is 0. The molecule has 4 nitrogen and oxygen atoms in total. The molecule has 0 fully saturated rings. The van der Waals surface area contributed by atoms with E-state index in [1.165, 1.54) is 0 Å². The van der Waals surface area contributed by atoms with E-state index in [2.05, 4.69) is 53.5 Å². The Balaban J connectivity index is 1.67. The molecule has 4 heterocycles. The summed E-state index contributed by atoms with van der Waals surface area (Å²) in [4.78, 5) is 9.36. The molecule has 2 aromatic carbocycles. The Morgan fingerprint density at radius 1 is 0.500 bits per heavy atom. The lowest BCUT2D eigenvalue weighted by Gasteiger charge is -2.16. The van der Waals surface area contributed by atoms with Crippen LogP contribution < -0.4 is 0 Å². The molecular formula is C30H20N2O2. The highest BCUT2D eigenvalue weighted by Gasteiger charge is 2.24. The van der Waals surface area contributed by atoms with Gasteiger partial charge in [0.05, 0.1) is 29.3 Å². The van der Waals surface area contributed by atoms with E-state index in [1.54, 1.807) is 18.7 Å². The van der Waals surface area contributed by atoms with Crippen LogP contribution in [-0.2, 0) is 0 Å². The van der Waals surface area contributed by atoms with Crippen molar-refractivity contribution in [1.29, 1.82) is 0 Å². The van der Waals surface area contributed by atoms with Crippen LogP contribution in [0.4, 0.5) is 0 Å². The average Bonchev–Trinajstić information content (AvgIpc) is 3.62. The Labute approximate surface area is 197 Å². The SMILES string of the molecule is c1ccc(-c2ccccc2-c2ccnc(-c3ccccn3)c2-c2occc2-c2ccco2)cc1. The molecule has 0 aliphatic rings. The van der Waals surface area contributed by atoms with Crippen LogP contribution >= 0.6 is 0 Å². The standard InChI is InChI=1S/C30H20N2O2/c1-2-9-21(10-3-1)22-11-4-5-12-23(22)24-15-18-32-29(26-13-6-7-17-31-26)28(24)30-25(16-20-34-30)27-14-8-19-33-27/h1-20H. The van der Waals surface area contributed by atoms with Gasteiger partial charge in [0.1, 0.15) is 17.2 Å². The first-order valence-corrected chi connectivity index (χ1v) is 11.1. The molecule has 6 rings (SSSR count). The Morgan fingerprint density at radius 2 is 1.32 bits per heavy atom. The van der Waals surface area contributed by atoms with Gasteiger partial charge >= 0.3 is 0 Å². The van der Waals surface area contributed by atoms with E-state index in [4.69, 9.17) is 13.8 Å². The van der Waals surface area contributed by atoms with Gasteiger partial charge in [-0.3, -0.25) is 9.97 Å². The molecule has 0 spiro atoms. The number of hydrogen-bond donors (Lipinski definition) is 0. The predicted octanol–water partition coefficient (Wildman–Crippen LogP) is 8.00. The van der Waals surface area contributed by atoms with Crippen molar-refractivity contribution in [3.05, 3.63) is 122 Å². The average molecular weight is 441 g/mol. The summed E-state index contributed by atoms with van der Waals surface area (Å²) in [5.74, 6) is 1.43. The molecule has 0 unspecified atom stereocenters. The van der Waals surface area contributed by atoms with Gasteiger partial charge in [-0.2, -0.15) is 0 Å². The predicted molar refractivity (Wildman–Crippen MR) is 134 cm³/mol. The zero-order valence-corrected chi connectivity index (χ0v) is 18.3. The highest BCUT2D eigenvalue weighted by atomic mass is 16.3. The summed E-state index contributed by atoms with van der Waals surface area (Å²) in [6, 6.07) is 32.4. The number of nitrogens with zero attached hydrogens (tertiary/aromatic N) is 2. The van der Waals surface area contributed by atoms with Gasteiger partial charge in [0, 0.05) is 12.4 Å². The van der Waals surface area contributed by atoms with Crippen molar-refractivity contribution in [2.45, 2.75) is 0 Å². The van der Waals surface area contributed by atoms with Crippen molar-refractivity contribution in [3.63, 3.8) is 0 Å². The second-order valence-electron chi connectivity index (χ2n) is 7.85. The van der Waals surface area contributed by atoms with Crippen LogP contribution in [0, 0.1) is 0 Å². The van der Waals surface area contributed by atoms with Crippen molar-refractivity contribution in [2.75, 3.05) is 0 Å². The van der Waals surface area contributed by atoms with E-state index >= 15 is 0 Å². The molecular weight excluding hydrogens is 420 g/mol. The summed E-state index contributed by atoms with van der Waals surface area (Å²) in [6.07, 6.45) is 6.97. The molecule has 6 aromatic rings. The minimum atomic E-state index is 0.696. The van der Waals surface area contributed by atoms with Gasteiger partial charge in [0.2, 0.25) is 0 Å². The molecule has 0 atom stereocenters. The smallest absolute Gasteiger partial charge is 0.147 e. The van der Waals surface area contributed by atoms with Crippen LogP contribution in [0.25, 0.3) is 56.3 Å². The Hall–Kier alpha value is -4.70. The molecule has 0 bridgehead atoms. The first-order valence-electron chi connectivity index (χ1n) is 11.1. The first-order chi connectivity index (χ1) is 16.9. The van der Waals surface area contributed by atoms with E-state index in [0.29, 0.717) is 5.76 Å². The normalized spacial score (nSPS) is 10.9. The van der Waals surface area contributed by atoms with Crippen molar-refractivity contribution in [1.82, 2.24) is 9.97 Å². The van der Waals surface area contributed by atoms with E-state index < -0.39 is 0 Å². The number of benzene rings is 2. The zero-order chi connectivity index (χ0) is 22.7. The summed E-state index contributed by atoms with van der Waals surface area (Å²) in [5, 5.41) is 0. The van der Waals surface area contributed by atoms with E-state index in [0.717, 1.165) is 50.5 Å². The highest BCUT2D eigenvalue weighted by Crippen LogP contribution is 2.45.